The van der Waals surface area contributed by atoms with Crippen molar-refractivity contribution in [3.05, 3.63) is 24.3 Å². The summed E-state index contributed by atoms with van der Waals surface area (Å²) in [6, 6.07) is 3.26. The molecule has 2 N–H and O–H groups in total. The molecule has 1 unspecified atom stereocenters. The van der Waals surface area contributed by atoms with Crippen molar-refractivity contribution in [1.82, 2.24) is 10.1 Å². The minimum Gasteiger partial charge on any atom is -0.461 e. The van der Waals surface area contributed by atoms with Crippen molar-refractivity contribution in [3.8, 4) is 11.6 Å². The molecule has 0 aliphatic rings. The van der Waals surface area contributed by atoms with E-state index in [0.29, 0.717) is 17.5 Å². The molecule has 2 rings (SSSR count). The standard InChI is InChI=1S/C11H15N3O2/c1-11(2,3)8(12)10-13-9(14-16-10)7-5-4-6-15-7/h4-6,8H,12H2,1-3H3. The molecular weight excluding hydrogens is 206 g/mol. The maximum atomic E-state index is 6.01. The van der Waals surface area contributed by atoms with Gasteiger partial charge in [-0.25, -0.2) is 0 Å². The van der Waals surface area contributed by atoms with Crippen molar-refractivity contribution in [2.75, 3.05) is 0 Å². The van der Waals surface area contributed by atoms with Gasteiger partial charge in [0.05, 0.1) is 12.3 Å². The minimum atomic E-state index is -0.288. The zero-order chi connectivity index (χ0) is 11.8. The highest BCUT2D eigenvalue weighted by molar-refractivity contribution is 5.44. The average Bonchev–Trinajstić information content (AvgIpc) is 2.85. The number of aromatic nitrogens is 2. The first kappa shape index (κ1) is 10.9. The second-order valence-corrected chi connectivity index (χ2v) is 4.78. The predicted molar refractivity (Wildman–Crippen MR) is 58.4 cm³/mol. The van der Waals surface area contributed by atoms with Crippen LogP contribution in [0.3, 0.4) is 0 Å². The largest absolute Gasteiger partial charge is 0.461 e. The molecule has 0 aliphatic carbocycles. The molecule has 5 heteroatoms. The maximum Gasteiger partial charge on any atom is 0.244 e. The summed E-state index contributed by atoms with van der Waals surface area (Å²) in [5, 5.41) is 3.83. The third-order valence-corrected chi connectivity index (χ3v) is 2.38. The molecule has 2 heterocycles. The Kier molecular flexibility index (Phi) is 2.55. The highest BCUT2D eigenvalue weighted by Crippen LogP contribution is 2.30. The molecule has 2 aromatic heterocycles. The van der Waals surface area contributed by atoms with Crippen LogP contribution in [0.4, 0.5) is 0 Å². The van der Waals surface area contributed by atoms with Gasteiger partial charge in [-0.2, -0.15) is 4.98 Å². The first-order valence-corrected chi connectivity index (χ1v) is 5.11. The van der Waals surface area contributed by atoms with Crippen LogP contribution < -0.4 is 5.73 Å². The summed E-state index contributed by atoms with van der Waals surface area (Å²) >= 11 is 0. The second kappa shape index (κ2) is 3.75. The lowest BCUT2D eigenvalue weighted by atomic mass is 9.87. The monoisotopic (exact) mass is 221 g/mol. The molecule has 5 nitrogen and oxygen atoms in total. The van der Waals surface area contributed by atoms with Gasteiger partial charge in [0, 0.05) is 0 Å². The Morgan fingerprint density at radius 1 is 1.38 bits per heavy atom. The first-order valence-electron chi connectivity index (χ1n) is 5.11. The van der Waals surface area contributed by atoms with E-state index in [4.69, 9.17) is 14.7 Å². The number of furan rings is 1. The second-order valence-electron chi connectivity index (χ2n) is 4.78. The van der Waals surface area contributed by atoms with Gasteiger partial charge in [0.1, 0.15) is 0 Å². The smallest absolute Gasteiger partial charge is 0.244 e. The summed E-state index contributed by atoms with van der Waals surface area (Å²) in [6.45, 7) is 6.07. The summed E-state index contributed by atoms with van der Waals surface area (Å²) < 4.78 is 10.3. The van der Waals surface area contributed by atoms with Crippen LogP contribution in [-0.4, -0.2) is 10.1 Å². The molecule has 2 aromatic rings. The van der Waals surface area contributed by atoms with E-state index in [1.54, 1.807) is 18.4 Å². The molecule has 16 heavy (non-hydrogen) atoms. The Hall–Kier alpha value is -1.62. The van der Waals surface area contributed by atoms with Crippen LogP contribution in [0.5, 0.6) is 0 Å². The van der Waals surface area contributed by atoms with E-state index in [-0.39, 0.29) is 11.5 Å². The van der Waals surface area contributed by atoms with Gasteiger partial charge in [0.2, 0.25) is 11.7 Å². The third-order valence-electron chi connectivity index (χ3n) is 2.38. The molecule has 0 radical (unpaired) electrons. The molecule has 0 bridgehead atoms. The van der Waals surface area contributed by atoms with Crippen molar-refractivity contribution in [2.45, 2.75) is 26.8 Å². The summed E-state index contributed by atoms with van der Waals surface area (Å²) in [5.74, 6) is 1.44. The Balaban J connectivity index is 2.27. The number of nitrogens with zero attached hydrogens (tertiary/aromatic N) is 2. The van der Waals surface area contributed by atoms with E-state index < -0.39 is 0 Å². The van der Waals surface area contributed by atoms with Crippen molar-refractivity contribution in [1.29, 1.82) is 0 Å². The molecular formula is C11H15N3O2. The Labute approximate surface area is 93.6 Å². The third kappa shape index (κ3) is 1.99. The van der Waals surface area contributed by atoms with Gasteiger partial charge in [0.25, 0.3) is 0 Å². The van der Waals surface area contributed by atoms with Gasteiger partial charge < -0.3 is 14.7 Å². The lowest BCUT2D eigenvalue weighted by Gasteiger charge is -2.23. The maximum absolute atomic E-state index is 6.01. The zero-order valence-electron chi connectivity index (χ0n) is 9.60. The minimum absolute atomic E-state index is 0.118. The average molecular weight is 221 g/mol. The van der Waals surface area contributed by atoms with Crippen LogP contribution in [0.25, 0.3) is 11.6 Å². The fraction of sp³-hybridized carbons (Fsp3) is 0.455. The van der Waals surface area contributed by atoms with Gasteiger partial charge in [-0.05, 0) is 17.5 Å². The lowest BCUT2D eigenvalue weighted by molar-refractivity contribution is 0.253. The van der Waals surface area contributed by atoms with Crippen LogP contribution >= 0.6 is 0 Å². The zero-order valence-corrected chi connectivity index (χ0v) is 9.60. The molecule has 0 saturated heterocycles. The summed E-state index contributed by atoms with van der Waals surface area (Å²) in [7, 11) is 0. The SMILES string of the molecule is CC(C)(C)C(N)c1nc(-c2ccco2)no1. The Bertz CT molecular complexity index is 454. The van der Waals surface area contributed by atoms with Gasteiger partial charge >= 0.3 is 0 Å². The molecule has 0 aromatic carbocycles. The number of hydrogen-bond donors (Lipinski definition) is 1. The summed E-state index contributed by atoms with van der Waals surface area (Å²) in [6.07, 6.45) is 1.56. The van der Waals surface area contributed by atoms with E-state index in [9.17, 15) is 0 Å². The molecule has 86 valence electrons. The van der Waals surface area contributed by atoms with Crippen LogP contribution in [0.2, 0.25) is 0 Å². The Morgan fingerprint density at radius 2 is 2.12 bits per heavy atom. The lowest BCUT2D eigenvalue weighted by Crippen LogP contribution is -2.26. The van der Waals surface area contributed by atoms with E-state index >= 15 is 0 Å². The van der Waals surface area contributed by atoms with E-state index in [2.05, 4.69) is 10.1 Å². The van der Waals surface area contributed by atoms with Crippen molar-refractivity contribution < 1.29 is 8.94 Å². The first-order chi connectivity index (χ1) is 7.48. The summed E-state index contributed by atoms with van der Waals surface area (Å²) in [4.78, 5) is 4.22. The van der Waals surface area contributed by atoms with Crippen molar-refractivity contribution in [2.24, 2.45) is 11.1 Å². The Morgan fingerprint density at radius 3 is 2.69 bits per heavy atom. The highest BCUT2D eigenvalue weighted by atomic mass is 16.5. The van der Waals surface area contributed by atoms with Crippen LogP contribution in [0, 0.1) is 5.41 Å². The van der Waals surface area contributed by atoms with E-state index in [0.717, 1.165) is 0 Å². The van der Waals surface area contributed by atoms with Gasteiger partial charge in [0.15, 0.2) is 5.76 Å². The van der Waals surface area contributed by atoms with Crippen LogP contribution in [-0.2, 0) is 0 Å². The molecule has 0 aliphatic heterocycles. The van der Waals surface area contributed by atoms with Crippen LogP contribution in [0.1, 0.15) is 32.7 Å². The van der Waals surface area contributed by atoms with Crippen LogP contribution in [0.15, 0.2) is 27.3 Å². The quantitative estimate of drug-likeness (QED) is 0.842. The number of hydrogen-bond acceptors (Lipinski definition) is 5. The van der Waals surface area contributed by atoms with Gasteiger partial charge in [-0.15, -0.1) is 0 Å². The predicted octanol–water partition coefficient (Wildman–Crippen LogP) is 2.38. The highest BCUT2D eigenvalue weighted by Gasteiger charge is 2.28. The van der Waals surface area contributed by atoms with Gasteiger partial charge in [-0.3, -0.25) is 0 Å². The molecule has 0 amide bonds. The van der Waals surface area contributed by atoms with Crippen molar-refractivity contribution >= 4 is 0 Å². The fourth-order valence-electron chi connectivity index (χ4n) is 1.24. The normalized spacial score (nSPS) is 14.0. The number of nitrogens with two attached hydrogens (primary N) is 1. The molecule has 0 fully saturated rings. The van der Waals surface area contributed by atoms with Crippen molar-refractivity contribution in [3.63, 3.8) is 0 Å². The summed E-state index contributed by atoms with van der Waals surface area (Å²) in [5.41, 5.74) is 5.89. The molecule has 0 saturated carbocycles. The van der Waals surface area contributed by atoms with Gasteiger partial charge in [-0.1, -0.05) is 25.9 Å². The molecule has 1 atom stereocenters. The van der Waals surface area contributed by atoms with E-state index in [1.165, 1.54) is 0 Å². The topological polar surface area (TPSA) is 78.1 Å². The number of rotatable bonds is 2. The molecule has 0 spiro atoms. The van der Waals surface area contributed by atoms with E-state index in [1.807, 2.05) is 20.8 Å². The fourth-order valence-corrected chi connectivity index (χ4v) is 1.24.